The number of carbonyl (C=O) groups excluding carboxylic acids is 1. The summed E-state index contributed by atoms with van der Waals surface area (Å²) in [5.41, 5.74) is 5.03. The zero-order chi connectivity index (χ0) is 25.4. The van der Waals surface area contributed by atoms with Crippen LogP contribution in [0.15, 0.2) is 72.8 Å². The Morgan fingerprint density at radius 3 is 2.70 bits per heavy atom. The van der Waals surface area contributed by atoms with Crippen molar-refractivity contribution >= 4 is 28.9 Å². The highest BCUT2D eigenvalue weighted by Crippen LogP contribution is 2.42. The third-order valence-corrected chi connectivity index (χ3v) is 6.69. The number of nitrogens with zero attached hydrogens (tertiary/aromatic N) is 1. The van der Waals surface area contributed by atoms with Crippen molar-refractivity contribution < 1.29 is 28.9 Å². The largest absolute Gasteiger partial charge is 0.482 e. The Labute approximate surface area is 212 Å². The number of carboxylic acid groups (broad SMARTS) is 1. The predicted octanol–water partition coefficient (Wildman–Crippen LogP) is 4.55. The Morgan fingerprint density at radius 1 is 1.05 bits per heavy atom. The van der Waals surface area contributed by atoms with E-state index >= 15 is 0 Å². The molecule has 2 aliphatic heterocycles. The van der Waals surface area contributed by atoms with Gasteiger partial charge in [0.25, 0.3) is 0 Å². The molecule has 3 heterocycles. The van der Waals surface area contributed by atoms with Crippen molar-refractivity contribution in [3.05, 3.63) is 95.2 Å². The van der Waals surface area contributed by atoms with Crippen LogP contribution in [-0.4, -0.2) is 46.8 Å². The van der Waals surface area contributed by atoms with Crippen LogP contribution < -0.4 is 14.2 Å². The van der Waals surface area contributed by atoms with Gasteiger partial charge in [-0.05, 0) is 59.5 Å². The van der Waals surface area contributed by atoms with Gasteiger partial charge in [-0.3, -0.25) is 4.79 Å². The number of carboxylic acids is 1. The number of ether oxygens (including phenoxy) is 3. The summed E-state index contributed by atoms with van der Waals surface area (Å²) in [5, 5.41) is 9.93. The number of amides is 1. The number of aromatic nitrogens is 1. The summed E-state index contributed by atoms with van der Waals surface area (Å²) < 4.78 is 16.3. The van der Waals surface area contributed by atoms with Gasteiger partial charge in [0.05, 0.1) is 6.04 Å². The van der Waals surface area contributed by atoms with Crippen molar-refractivity contribution in [2.24, 2.45) is 0 Å². The number of fused-ring (bicyclic) bond motifs is 4. The summed E-state index contributed by atoms with van der Waals surface area (Å²) in [6.45, 7) is 0.353. The fourth-order valence-electron chi connectivity index (χ4n) is 4.99. The van der Waals surface area contributed by atoms with E-state index in [0.29, 0.717) is 23.8 Å². The van der Waals surface area contributed by atoms with Gasteiger partial charge in [0.2, 0.25) is 12.7 Å². The second kappa shape index (κ2) is 9.39. The molecule has 1 atom stereocenters. The molecule has 0 radical (unpaired) electrons. The van der Waals surface area contributed by atoms with Gasteiger partial charge in [-0.2, -0.15) is 0 Å². The van der Waals surface area contributed by atoms with E-state index in [4.69, 9.17) is 19.3 Å². The first kappa shape index (κ1) is 22.7. The van der Waals surface area contributed by atoms with E-state index in [1.165, 1.54) is 10.9 Å². The van der Waals surface area contributed by atoms with Gasteiger partial charge in [-0.25, -0.2) is 4.79 Å². The average Bonchev–Trinajstić information content (AvgIpc) is 3.54. The topological polar surface area (TPSA) is 101 Å². The molecule has 186 valence electrons. The minimum absolute atomic E-state index is 0.113. The summed E-state index contributed by atoms with van der Waals surface area (Å²) >= 11 is 0. The summed E-state index contributed by atoms with van der Waals surface area (Å²) in [4.78, 5) is 29.7. The molecule has 6 rings (SSSR count). The molecule has 1 aromatic heterocycles. The molecule has 0 fully saturated rings. The van der Waals surface area contributed by atoms with Crippen LogP contribution in [0.4, 0.5) is 0 Å². The van der Waals surface area contributed by atoms with E-state index in [2.05, 4.69) is 17.1 Å². The van der Waals surface area contributed by atoms with Gasteiger partial charge in [0.15, 0.2) is 18.1 Å². The van der Waals surface area contributed by atoms with E-state index in [1.807, 2.05) is 35.2 Å². The van der Waals surface area contributed by atoms with Crippen molar-refractivity contribution in [1.82, 2.24) is 9.88 Å². The van der Waals surface area contributed by atoms with Crippen LogP contribution in [0.5, 0.6) is 17.2 Å². The van der Waals surface area contributed by atoms with E-state index in [1.54, 1.807) is 36.4 Å². The molecular formula is C29H24N2O6. The van der Waals surface area contributed by atoms with Crippen LogP contribution in [0.2, 0.25) is 0 Å². The molecule has 0 bridgehead atoms. The smallest absolute Gasteiger partial charge is 0.341 e. The van der Waals surface area contributed by atoms with Crippen LogP contribution in [0.3, 0.4) is 0 Å². The molecule has 2 N–H and O–H groups in total. The lowest BCUT2D eigenvalue weighted by atomic mass is 9.92. The molecule has 4 aromatic rings. The lowest BCUT2D eigenvalue weighted by molar-refractivity contribution is -0.139. The zero-order valence-electron chi connectivity index (χ0n) is 19.8. The molecule has 8 nitrogen and oxygen atoms in total. The lowest BCUT2D eigenvalue weighted by Crippen LogP contribution is -2.39. The molecule has 1 amide bonds. The normalized spacial score (nSPS) is 16.2. The second-order valence-electron chi connectivity index (χ2n) is 8.94. The van der Waals surface area contributed by atoms with Gasteiger partial charge in [-0.15, -0.1) is 0 Å². The summed E-state index contributed by atoms with van der Waals surface area (Å²) in [6.07, 6.45) is 4.07. The van der Waals surface area contributed by atoms with Crippen molar-refractivity contribution in [3.63, 3.8) is 0 Å². The van der Waals surface area contributed by atoms with Gasteiger partial charge in [0, 0.05) is 29.2 Å². The van der Waals surface area contributed by atoms with Crippen LogP contribution in [-0.2, 0) is 16.0 Å². The van der Waals surface area contributed by atoms with Crippen LogP contribution >= 0.6 is 0 Å². The first-order valence-electron chi connectivity index (χ1n) is 12.0. The minimum Gasteiger partial charge on any atom is -0.482 e. The van der Waals surface area contributed by atoms with Gasteiger partial charge >= 0.3 is 5.97 Å². The third-order valence-electron chi connectivity index (χ3n) is 6.69. The highest BCUT2D eigenvalue weighted by molar-refractivity contribution is 5.93. The molecule has 0 aliphatic carbocycles. The highest BCUT2D eigenvalue weighted by atomic mass is 16.7. The van der Waals surface area contributed by atoms with Crippen LogP contribution in [0.25, 0.3) is 17.0 Å². The van der Waals surface area contributed by atoms with E-state index in [9.17, 15) is 9.59 Å². The maximum atomic E-state index is 13.5. The Balaban J connectivity index is 1.31. The van der Waals surface area contributed by atoms with Crippen molar-refractivity contribution in [2.45, 2.75) is 12.5 Å². The van der Waals surface area contributed by atoms with Crippen LogP contribution in [0.1, 0.15) is 28.4 Å². The standard InChI is InChI=1S/C29H24N2O6/c32-26(12-7-18-5-9-20(10-6-18)35-16-27(33)34)31-14-13-22-21-3-1-2-4-23(21)30-28(22)29(31)19-8-11-24-25(15-19)37-17-36-24/h1-12,15,29-30H,13-14,16-17H2,(H,33,34)/b12-7+. The summed E-state index contributed by atoms with van der Waals surface area (Å²) in [6, 6.07) is 20.6. The Hall–Kier alpha value is -4.72. The van der Waals surface area contributed by atoms with Gasteiger partial charge in [0.1, 0.15) is 5.75 Å². The van der Waals surface area contributed by atoms with E-state index < -0.39 is 12.6 Å². The molecule has 3 aromatic carbocycles. The number of nitrogens with one attached hydrogen (secondary N) is 1. The maximum absolute atomic E-state index is 13.5. The molecule has 0 spiro atoms. The number of rotatable bonds is 6. The predicted molar refractivity (Wildman–Crippen MR) is 137 cm³/mol. The second-order valence-corrected chi connectivity index (χ2v) is 8.94. The quantitative estimate of drug-likeness (QED) is 0.380. The SMILES string of the molecule is O=C(O)COc1ccc(/C=C/C(=O)N2CCc3c([nH]c4ccccc34)C2c2ccc3c(c2)OCO3)cc1. The summed E-state index contributed by atoms with van der Waals surface area (Å²) in [7, 11) is 0. The van der Waals surface area contributed by atoms with Crippen molar-refractivity contribution in [2.75, 3.05) is 19.9 Å². The molecule has 8 heteroatoms. The molecule has 2 aliphatic rings. The first-order valence-corrected chi connectivity index (χ1v) is 12.0. The number of H-pyrrole nitrogens is 1. The number of aliphatic carboxylic acids is 1. The number of aromatic amines is 1. The Morgan fingerprint density at radius 2 is 1.86 bits per heavy atom. The highest BCUT2D eigenvalue weighted by Gasteiger charge is 2.34. The fraction of sp³-hybridized carbons (Fsp3) is 0.172. The monoisotopic (exact) mass is 496 g/mol. The summed E-state index contributed by atoms with van der Waals surface area (Å²) in [5.74, 6) is 0.680. The lowest BCUT2D eigenvalue weighted by Gasteiger charge is -2.35. The third kappa shape index (κ3) is 4.38. The van der Waals surface area contributed by atoms with Crippen LogP contribution in [0, 0.1) is 0 Å². The molecule has 37 heavy (non-hydrogen) atoms. The van der Waals surface area contributed by atoms with Gasteiger partial charge < -0.3 is 29.2 Å². The molecule has 0 saturated heterocycles. The van der Waals surface area contributed by atoms with Crippen molar-refractivity contribution in [1.29, 1.82) is 0 Å². The number of hydrogen-bond acceptors (Lipinski definition) is 5. The number of hydrogen-bond donors (Lipinski definition) is 2. The van der Waals surface area contributed by atoms with E-state index in [-0.39, 0.29) is 18.7 Å². The van der Waals surface area contributed by atoms with Crippen molar-refractivity contribution in [3.8, 4) is 17.2 Å². The van der Waals surface area contributed by atoms with E-state index in [0.717, 1.165) is 28.8 Å². The zero-order valence-corrected chi connectivity index (χ0v) is 19.8. The number of para-hydroxylation sites is 1. The molecular weight excluding hydrogens is 472 g/mol. The number of benzene rings is 3. The molecule has 0 saturated carbocycles. The minimum atomic E-state index is -1.04. The first-order chi connectivity index (χ1) is 18.1. The maximum Gasteiger partial charge on any atom is 0.341 e. The average molecular weight is 497 g/mol. The number of carbonyl (C=O) groups is 2. The fourth-order valence-corrected chi connectivity index (χ4v) is 4.99. The Bertz CT molecular complexity index is 1520. The van der Waals surface area contributed by atoms with Gasteiger partial charge in [-0.1, -0.05) is 36.4 Å². The Kier molecular flexibility index (Phi) is 5.76. The molecule has 1 unspecified atom stereocenters.